The molecule has 0 aliphatic rings. The summed E-state index contributed by atoms with van der Waals surface area (Å²) in [5.41, 5.74) is 5.56. The molecule has 0 aromatic heterocycles. The zero-order chi connectivity index (χ0) is 21.2. The molecule has 0 aliphatic carbocycles. The number of primary amides is 1. The summed E-state index contributed by atoms with van der Waals surface area (Å²) < 4.78 is 10.3. The Morgan fingerprint density at radius 3 is 2.04 bits per heavy atom. The van der Waals surface area contributed by atoms with E-state index in [9.17, 15) is 14.4 Å². The van der Waals surface area contributed by atoms with Gasteiger partial charge in [-0.3, -0.25) is 14.4 Å². The minimum absolute atomic E-state index is 0.0551. The lowest BCUT2D eigenvalue weighted by atomic mass is 9.93. The van der Waals surface area contributed by atoms with E-state index in [0.717, 1.165) is 77.0 Å². The largest absolute Gasteiger partial charge is 0.466 e. The normalized spacial score (nSPS) is 13.0. The summed E-state index contributed by atoms with van der Waals surface area (Å²) in [6.45, 7) is 5.83. The van der Waals surface area contributed by atoms with Crippen LogP contribution in [-0.4, -0.2) is 30.6 Å². The van der Waals surface area contributed by atoms with E-state index in [1.165, 1.54) is 6.92 Å². The van der Waals surface area contributed by atoms with Crippen LogP contribution in [0.1, 0.15) is 104 Å². The topological polar surface area (TPSA) is 95.7 Å². The molecule has 1 unspecified atom stereocenters. The van der Waals surface area contributed by atoms with E-state index < -0.39 is 0 Å². The molecule has 6 nitrogen and oxygen atoms in total. The predicted octanol–water partition coefficient (Wildman–Crippen LogP) is 4.67. The van der Waals surface area contributed by atoms with Gasteiger partial charge in [-0.05, 0) is 51.9 Å². The first-order valence-corrected chi connectivity index (χ1v) is 11.0. The van der Waals surface area contributed by atoms with Crippen molar-refractivity contribution in [2.45, 2.75) is 110 Å². The van der Waals surface area contributed by atoms with Crippen molar-refractivity contribution in [3.8, 4) is 0 Å². The smallest absolute Gasteiger partial charge is 0.305 e. The maximum absolute atomic E-state index is 11.7. The minimum Gasteiger partial charge on any atom is -0.466 e. The molecule has 0 rings (SSSR count). The second-order valence-electron chi connectivity index (χ2n) is 7.52. The Labute approximate surface area is 170 Å². The number of carbonyl (C=O) groups excluding carboxylic acids is 3. The molecule has 164 valence electrons. The number of hydrogen-bond acceptors (Lipinski definition) is 5. The van der Waals surface area contributed by atoms with Crippen molar-refractivity contribution in [1.29, 1.82) is 0 Å². The van der Waals surface area contributed by atoms with Crippen LogP contribution in [0.15, 0.2) is 0 Å². The molecule has 1 amide bonds. The molecule has 0 saturated heterocycles. The van der Waals surface area contributed by atoms with Gasteiger partial charge >= 0.3 is 11.9 Å². The van der Waals surface area contributed by atoms with Crippen LogP contribution in [0.2, 0.25) is 0 Å². The number of nitrogens with two attached hydrogens (primary N) is 1. The molecule has 0 aromatic carbocycles. The highest BCUT2D eigenvalue weighted by Gasteiger charge is 2.17. The fraction of sp³-hybridized carbons (Fsp3) is 0.864. The number of carbonyl (C=O) groups is 3. The summed E-state index contributed by atoms with van der Waals surface area (Å²) in [6.07, 6.45) is 11.4. The third-order valence-corrected chi connectivity index (χ3v) is 4.93. The minimum atomic E-state index is -0.249. The lowest BCUT2D eigenvalue weighted by molar-refractivity contribution is -0.147. The molecule has 0 aliphatic heterocycles. The Morgan fingerprint density at radius 1 is 0.821 bits per heavy atom. The number of esters is 2. The van der Waals surface area contributed by atoms with Crippen LogP contribution in [-0.2, 0) is 23.9 Å². The summed E-state index contributed by atoms with van der Waals surface area (Å²) in [7, 11) is 0. The van der Waals surface area contributed by atoms with Crippen molar-refractivity contribution in [3.63, 3.8) is 0 Å². The van der Waals surface area contributed by atoms with Gasteiger partial charge in [0.15, 0.2) is 0 Å². The summed E-state index contributed by atoms with van der Waals surface area (Å²) in [5.74, 6) is -0.755. The summed E-state index contributed by atoms with van der Waals surface area (Å²) in [4.78, 5) is 34.3. The van der Waals surface area contributed by atoms with Gasteiger partial charge < -0.3 is 15.2 Å². The summed E-state index contributed by atoms with van der Waals surface area (Å²) in [6, 6.07) is 0. The lowest BCUT2D eigenvalue weighted by Crippen LogP contribution is -2.24. The van der Waals surface area contributed by atoms with E-state index >= 15 is 0 Å². The zero-order valence-corrected chi connectivity index (χ0v) is 18.2. The number of unbranched alkanes of at least 4 members (excludes halogenated alkanes) is 5. The van der Waals surface area contributed by atoms with Gasteiger partial charge in [0.05, 0.1) is 6.61 Å². The molecule has 0 heterocycles. The van der Waals surface area contributed by atoms with Gasteiger partial charge in [-0.15, -0.1) is 0 Å². The van der Waals surface area contributed by atoms with E-state index in [2.05, 4.69) is 6.92 Å². The highest BCUT2D eigenvalue weighted by atomic mass is 16.5. The Hall–Kier alpha value is -1.59. The van der Waals surface area contributed by atoms with Gasteiger partial charge in [-0.2, -0.15) is 0 Å². The standard InChI is InChI=1S/C22H41NO5/c1-4-6-9-15-20(28-18(3)24)16-12-14-19(22(23)26)13-10-7-8-11-17-21(25)27-5-2/h19-20H,4-17H2,1-3H3,(H2,23,26)/t19?,20-/m1/s1. The summed E-state index contributed by atoms with van der Waals surface area (Å²) in [5, 5.41) is 0. The Balaban J connectivity index is 4.06. The molecule has 6 heteroatoms. The molecule has 0 spiro atoms. The van der Waals surface area contributed by atoms with Crippen molar-refractivity contribution in [2.24, 2.45) is 11.7 Å². The van der Waals surface area contributed by atoms with Gasteiger partial charge in [-0.25, -0.2) is 0 Å². The maximum atomic E-state index is 11.7. The van der Waals surface area contributed by atoms with Crippen LogP contribution in [0.4, 0.5) is 0 Å². The monoisotopic (exact) mass is 399 g/mol. The van der Waals surface area contributed by atoms with Gasteiger partial charge in [0.2, 0.25) is 5.91 Å². The Kier molecular flexibility index (Phi) is 16.5. The second kappa shape index (κ2) is 17.5. The van der Waals surface area contributed by atoms with Crippen LogP contribution in [0.3, 0.4) is 0 Å². The number of amides is 1. The quantitative estimate of drug-likeness (QED) is 0.267. The highest BCUT2D eigenvalue weighted by molar-refractivity contribution is 5.76. The number of rotatable bonds is 18. The van der Waals surface area contributed by atoms with Crippen LogP contribution in [0, 0.1) is 5.92 Å². The third kappa shape index (κ3) is 15.5. The fourth-order valence-electron chi connectivity index (χ4n) is 3.39. The van der Waals surface area contributed by atoms with E-state index in [1.54, 1.807) is 0 Å². The van der Waals surface area contributed by atoms with E-state index in [4.69, 9.17) is 15.2 Å². The van der Waals surface area contributed by atoms with Gasteiger partial charge in [0.25, 0.3) is 0 Å². The highest BCUT2D eigenvalue weighted by Crippen LogP contribution is 2.20. The second-order valence-corrected chi connectivity index (χ2v) is 7.52. The van der Waals surface area contributed by atoms with Crippen molar-refractivity contribution >= 4 is 17.8 Å². The molecule has 2 atom stereocenters. The SMILES string of the molecule is CCCCC[C@H](CCCC(CCCCCCC(=O)OCC)C(N)=O)OC(C)=O. The van der Waals surface area contributed by atoms with E-state index in [1.807, 2.05) is 6.92 Å². The Bertz CT molecular complexity index is 439. The first-order chi connectivity index (χ1) is 13.4. The fourth-order valence-corrected chi connectivity index (χ4v) is 3.39. The molecule has 0 radical (unpaired) electrons. The third-order valence-electron chi connectivity index (χ3n) is 4.93. The average molecular weight is 400 g/mol. The summed E-state index contributed by atoms with van der Waals surface area (Å²) >= 11 is 0. The van der Waals surface area contributed by atoms with Crippen molar-refractivity contribution in [3.05, 3.63) is 0 Å². The van der Waals surface area contributed by atoms with Gasteiger partial charge in [-0.1, -0.05) is 39.0 Å². The molecule has 0 bridgehead atoms. The van der Waals surface area contributed by atoms with Crippen LogP contribution >= 0.6 is 0 Å². The lowest BCUT2D eigenvalue weighted by Gasteiger charge is -2.18. The molecule has 0 saturated carbocycles. The average Bonchev–Trinajstić information content (AvgIpc) is 2.62. The molecule has 0 fully saturated rings. The molecular formula is C22H41NO5. The predicted molar refractivity (Wildman–Crippen MR) is 111 cm³/mol. The van der Waals surface area contributed by atoms with Gasteiger partial charge in [0.1, 0.15) is 6.10 Å². The zero-order valence-electron chi connectivity index (χ0n) is 18.2. The van der Waals surface area contributed by atoms with E-state index in [0.29, 0.717) is 13.0 Å². The number of ether oxygens (including phenoxy) is 2. The van der Waals surface area contributed by atoms with Crippen molar-refractivity contribution < 1.29 is 23.9 Å². The molecular weight excluding hydrogens is 358 g/mol. The maximum Gasteiger partial charge on any atom is 0.305 e. The van der Waals surface area contributed by atoms with Gasteiger partial charge in [0, 0.05) is 19.3 Å². The first kappa shape index (κ1) is 26.4. The van der Waals surface area contributed by atoms with Crippen LogP contribution < -0.4 is 5.73 Å². The van der Waals surface area contributed by atoms with Crippen LogP contribution in [0.25, 0.3) is 0 Å². The van der Waals surface area contributed by atoms with Crippen molar-refractivity contribution in [2.75, 3.05) is 6.61 Å². The number of hydrogen-bond donors (Lipinski definition) is 1. The molecule has 28 heavy (non-hydrogen) atoms. The van der Waals surface area contributed by atoms with Crippen LogP contribution in [0.5, 0.6) is 0 Å². The van der Waals surface area contributed by atoms with Crippen molar-refractivity contribution in [1.82, 2.24) is 0 Å². The first-order valence-electron chi connectivity index (χ1n) is 11.0. The molecule has 2 N–H and O–H groups in total. The Morgan fingerprint density at radius 2 is 1.43 bits per heavy atom. The molecule has 0 aromatic rings. The van der Waals surface area contributed by atoms with E-state index in [-0.39, 0.29) is 29.9 Å².